The Bertz CT molecular complexity index is 599. The lowest BCUT2D eigenvalue weighted by atomic mass is 10.2. The molecule has 0 saturated heterocycles. The molecule has 0 unspecified atom stereocenters. The Balaban J connectivity index is 1.74. The summed E-state index contributed by atoms with van der Waals surface area (Å²) in [5.74, 6) is -0.479. The molecule has 2 rings (SSSR count). The van der Waals surface area contributed by atoms with Gasteiger partial charge in [0.2, 0.25) is 5.91 Å². The maximum atomic E-state index is 11.6. The number of nitrogens with one attached hydrogen (secondary N) is 2. The molecule has 1 aromatic carbocycles. The van der Waals surface area contributed by atoms with E-state index in [0.29, 0.717) is 16.4 Å². The zero-order chi connectivity index (χ0) is 14.4. The molecule has 20 heavy (non-hydrogen) atoms. The number of carbonyl (C=O) groups excluding carboxylic acids is 2. The first-order valence-electron chi connectivity index (χ1n) is 5.98. The van der Waals surface area contributed by atoms with Crippen LogP contribution in [-0.4, -0.2) is 18.4 Å². The Hall–Kier alpha value is -1.85. The van der Waals surface area contributed by atoms with Gasteiger partial charge in [-0.1, -0.05) is 29.8 Å². The van der Waals surface area contributed by atoms with Crippen LogP contribution in [0.5, 0.6) is 0 Å². The van der Waals surface area contributed by atoms with Crippen LogP contribution in [0.4, 0.5) is 0 Å². The van der Waals surface area contributed by atoms with Crippen LogP contribution in [-0.2, 0) is 11.3 Å². The summed E-state index contributed by atoms with van der Waals surface area (Å²) in [4.78, 5) is 23.8. The quantitative estimate of drug-likeness (QED) is 0.891. The number of benzene rings is 1. The Morgan fingerprint density at radius 1 is 1.15 bits per heavy atom. The average Bonchev–Trinajstić information content (AvgIpc) is 2.97. The fraction of sp³-hybridized carbons (Fsp3) is 0.143. The van der Waals surface area contributed by atoms with Crippen molar-refractivity contribution in [2.24, 2.45) is 0 Å². The van der Waals surface area contributed by atoms with Gasteiger partial charge >= 0.3 is 0 Å². The van der Waals surface area contributed by atoms with Crippen LogP contribution in [0, 0.1) is 0 Å². The molecule has 104 valence electrons. The van der Waals surface area contributed by atoms with Crippen LogP contribution in [0.25, 0.3) is 0 Å². The smallest absolute Gasteiger partial charge is 0.261 e. The van der Waals surface area contributed by atoms with Crippen molar-refractivity contribution in [1.82, 2.24) is 10.6 Å². The molecule has 2 amide bonds. The number of hydrogen-bond donors (Lipinski definition) is 2. The van der Waals surface area contributed by atoms with Crippen molar-refractivity contribution in [3.63, 3.8) is 0 Å². The molecule has 1 aromatic heterocycles. The van der Waals surface area contributed by atoms with E-state index in [1.54, 1.807) is 24.3 Å². The van der Waals surface area contributed by atoms with E-state index in [0.717, 1.165) is 5.56 Å². The third-order valence-corrected chi connectivity index (χ3v) is 3.64. The topological polar surface area (TPSA) is 58.2 Å². The Morgan fingerprint density at radius 3 is 2.70 bits per heavy atom. The predicted octanol–water partition coefficient (Wildman–Crippen LogP) is 2.45. The van der Waals surface area contributed by atoms with Crippen molar-refractivity contribution in [3.8, 4) is 0 Å². The number of thiophene rings is 1. The lowest BCUT2D eigenvalue weighted by Gasteiger charge is -2.06. The van der Waals surface area contributed by atoms with E-state index in [4.69, 9.17) is 11.6 Å². The largest absolute Gasteiger partial charge is 0.350 e. The standard InChI is InChI=1S/C14H13ClN2O2S/c15-11-4-1-3-10(7-11)8-16-13(18)9-17-14(19)12-5-2-6-20-12/h1-7H,8-9H2,(H,16,18)(H,17,19). The maximum absolute atomic E-state index is 11.6. The third kappa shape index (κ3) is 4.36. The van der Waals surface area contributed by atoms with Gasteiger partial charge in [0, 0.05) is 11.6 Å². The summed E-state index contributed by atoms with van der Waals surface area (Å²) < 4.78 is 0. The fourth-order valence-electron chi connectivity index (χ4n) is 1.57. The van der Waals surface area contributed by atoms with E-state index in [9.17, 15) is 9.59 Å². The molecular formula is C14H13ClN2O2S. The normalized spacial score (nSPS) is 10.1. The molecule has 0 aliphatic carbocycles. The van der Waals surface area contributed by atoms with Gasteiger partial charge in [0.15, 0.2) is 0 Å². The van der Waals surface area contributed by atoms with Crippen LogP contribution < -0.4 is 10.6 Å². The van der Waals surface area contributed by atoms with Gasteiger partial charge in [0.25, 0.3) is 5.91 Å². The van der Waals surface area contributed by atoms with Gasteiger partial charge in [-0.15, -0.1) is 11.3 Å². The highest BCUT2D eigenvalue weighted by atomic mass is 35.5. The van der Waals surface area contributed by atoms with Crippen molar-refractivity contribution in [3.05, 3.63) is 57.2 Å². The molecule has 2 aromatic rings. The van der Waals surface area contributed by atoms with Crippen molar-refractivity contribution in [1.29, 1.82) is 0 Å². The molecule has 0 saturated carbocycles. The van der Waals surface area contributed by atoms with Gasteiger partial charge in [-0.05, 0) is 29.1 Å². The first kappa shape index (κ1) is 14.6. The van der Waals surface area contributed by atoms with E-state index >= 15 is 0 Å². The minimum absolute atomic E-state index is 0.0443. The number of rotatable bonds is 5. The summed E-state index contributed by atoms with van der Waals surface area (Å²) in [5.41, 5.74) is 0.912. The molecule has 0 atom stereocenters. The summed E-state index contributed by atoms with van der Waals surface area (Å²) in [7, 11) is 0. The summed E-state index contributed by atoms with van der Waals surface area (Å²) in [6, 6.07) is 10.8. The summed E-state index contributed by atoms with van der Waals surface area (Å²) in [5, 5.41) is 7.72. The average molecular weight is 309 g/mol. The molecule has 1 heterocycles. The van der Waals surface area contributed by atoms with E-state index in [-0.39, 0.29) is 18.4 Å². The lowest BCUT2D eigenvalue weighted by molar-refractivity contribution is -0.120. The number of amides is 2. The van der Waals surface area contributed by atoms with E-state index in [1.165, 1.54) is 11.3 Å². The van der Waals surface area contributed by atoms with Crippen LogP contribution in [0.15, 0.2) is 41.8 Å². The second-order valence-corrected chi connectivity index (χ2v) is 5.45. The molecular weight excluding hydrogens is 296 g/mol. The minimum Gasteiger partial charge on any atom is -0.350 e. The second-order valence-electron chi connectivity index (χ2n) is 4.07. The van der Waals surface area contributed by atoms with Gasteiger partial charge in [-0.2, -0.15) is 0 Å². The SMILES string of the molecule is O=C(CNC(=O)c1cccs1)NCc1cccc(Cl)c1. The molecule has 0 radical (unpaired) electrons. The fourth-order valence-corrected chi connectivity index (χ4v) is 2.42. The van der Waals surface area contributed by atoms with Crippen molar-refractivity contribution in [2.45, 2.75) is 6.54 Å². The molecule has 4 nitrogen and oxygen atoms in total. The summed E-state index contributed by atoms with van der Waals surface area (Å²) >= 11 is 7.19. The highest BCUT2D eigenvalue weighted by Crippen LogP contribution is 2.10. The molecule has 2 N–H and O–H groups in total. The van der Waals surface area contributed by atoms with Gasteiger partial charge in [0.1, 0.15) is 0 Å². The summed E-state index contributed by atoms with van der Waals surface area (Å²) in [6.07, 6.45) is 0. The third-order valence-electron chi connectivity index (χ3n) is 2.53. The van der Waals surface area contributed by atoms with Crippen molar-refractivity contribution >= 4 is 34.8 Å². The zero-order valence-corrected chi connectivity index (χ0v) is 12.1. The Kier molecular flexibility index (Phi) is 5.15. The first-order chi connectivity index (χ1) is 9.65. The van der Waals surface area contributed by atoms with Crippen LogP contribution >= 0.6 is 22.9 Å². The van der Waals surface area contributed by atoms with Gasteiger partial charge in [0.05, 0.1) is 11.4 Å². The Morgan fingerprint density at radius 2 is 2.00 bits per heavy atom. The highest BCUT2D eigenvalue weighted by Gasteiger charge is 2.08. The van der Waals surface area contributed by atoms with Crippen LogP contribution in [0.2, 0.25) is 5.02 Å². The number of halogens is 1. The molecule has 0 spiro atoms. The van der Waals surface area contributed by atoms with Gasteiger partial charge < -0.3 is 10.6 Å². The zero-order valence-electron chi connectivity index (χ0n) is 10.6. The molecule has 6 heteroatoms. The van der Waals surface area contributed by atoms with Crippen LogP contribution in [0.3, 0.4) is 0 Å². The van der Waals surface area contributed by atoms with E-state index < -0.39 is 0 Å². The van der Waals surface area contributed by atoms with E-state index in [1.807, 2.05) is 17.5 Å². The molecule has 0 fully saturated rings. The van der Waals surface area contributed by atoms with E-state index in [2.05, 4.69) is 10.6 Å². The summed E-state index contributed by atoms with van der Waals surface area (Å²) in [6.45, 7) is 0.339. The van der Waals surface area contributed by atoms with Crippen LogP contribution in [0.1, 0.15) is 15.2 Å². The monoisotopic (exact) mass is 308 g/mol. The van der Waals surface area contributed by atoms with Crippen molar-refractivity contribution in [2.75, 3.05) is 6.54 Å². The van der Waals surface area contributed by atoms with Gasteiger partial charge in [-0.25, -0.2) is 0 Å². The van der Waals surface area contributed by atoms with Crippen molar-refractivity contribution < 1.29 is 9.59 Å². The lowest BCUT2D eigenvalue weighted by Crippen LogP contribution is -2.36. The number of hydrogen-bond acceptors (Lipinski definition) is 3. The maximum Gasteiger partial charge on any atom is 0.261 e. The molecule has 0 aliphatic heterocycles. The number of carbonyl (C=O) groups is 2. The predicted molar refractivity (Wildman–Crippen MR) is 80.0 cm³/mol. The molecule has 0 aliphatic rings. The second kappa shape index (κ2) is 7.07. The molecule has 0 bridgehead atoms. The Labute approximate surface area is 125 Å². The first-order valence-corrected chi connectivity index (χ1v) is 7.24. The van der Waals surface area contributed by atoms with Gasteiger partial charge in [-0.3, -0.25) is 9.59 Å². The highest BCUT2D eigenvalue weighted by molar-refractivity contribution is 7.12. The minimum atomic E-state index is -0.241.